The van der Waals surface area contributed by atoms with Gasteiger partial charge in [-0.05, 0) is 17.5 Å². The van der Waals surface area contributed by atoms with Crippen LogP contribution in [0.4, 0.5) is 0 Å². The van der Waals surface area contributed by atoms with Crippen molar-refractivity contribution in [2.24, 2.45) is 5.92 Å². The Bertz CT molecular complexity index is 717. The first-order chi connectivity index (χ1) is 10.9. The minimum absolute atomic E-state index is 0.0488. The number of halogens is 1. The number of nitrogens with one attached hydrogen (secondary N) is 1. The first-order valence-electron chi connectivity index (χ1n) is 7.00. The van der Waals surface area contributed by atoms with Crippen molar-refractivity contribution in [3.8, 4) is 0 Å². The molecule has 0 saturated carbocycles. The van der Waals surface area contributed by atoms with Crippen molar-refractivity contribution in [1.82, 2.24) is 15.3 Å². The lowest BCUT2D eigenvalue weighted by Gasteiger charge is -2.23. The highest BCUT2D eigenvalue weighted by molar-refractivity contribution is 6.31. The predicted octanol–water partition coefficient (Wildman–Crippen LogP) is 2.96. The van der Waals surface area contributed by atoms with Gasteiger partial charge in [0.15, 0.2) is 5.69 Å². The summed E-state index contributed by atoms with van der Waals surface area (Å²) in [6.07, 6.45) is 2.19. The van der Waals surface area contributed by atoms with Gasteiger partial charge in [-0.2, -0.15) is 0 Å². The van der Waals surface area contributed by atoms with Crippen molar-refractivity contribution in [3.63, 3.8) is 0 Å². The third-order valence-corrected chi connectivity index (χ3v) is 3.64. The third-order valence-electron chi connectivity index (χ3n) is 3.30. The molecule has 1 unspecified atom stereocenters. The van der Waals surface area contributed by atoms with E-state index in [-0.39, 0.29) is 23.3 Å². The SMILES string of the molecule is CC(C)C(NC(=O)c1cnc(C(=O)O)cn1)c1ccccc1Cl. The molecule has 0 saturated heterocycles. The Morgan fingerprint density at radius 3 is 2.26 bits per heavy atom. The van der Waals surface area contributed by atoms with Gasteiger partial charge in [-0.15, -0.1) is 0 Å². The van der Waals surface area contributed by atoms with Crippen molar-refractivity contribution in [3.05, 3.63) is 58.6 Å². The summed E-state index contributed by atoms with van der Waals surface area (Å²) in [5, 5.41) is 12.2. The number of benzene rings is 1. The van der Waals surface area contributed by atoms with Gasteiger partial charge in [0.05, 0.1) is 18.4 Å². The molecule has 1 atom stereocenters. The lowest BCUT2D eigenvalue weighted by molar-refractivity contribution is 0.0688. The lowest BCUT2D eigenvalue weighted by atomic mass is 9.96. The van der Waals surface area contributed by atoms with Crippen LogP contribution in [-0.2, 0) is 0 Å². The summed E-state index contributed by atoms with van der Waals surface area (Å²) in [4.78, 5) is 30.6. The van der Waals surface area contributed by atoms with Crippen molar-refractivity contribution in [1.29, 1.82) is 0 Å². The van der Waals surface area contributed by atoms with Gasteiger partial charge in [-0.1, -0.05) is 43.6 Å². The number of nitrogens with zero attached hydrogens (tertiary/aromatic N) is 2. The summed E-state index contributed by atoms with van der Waals surface area (Å²) >= 11 is 6.20. The Labute approximate surface area is 138 Å². The van der Waals surface area contributed by atoms with Gasteiger partial charge in [-0.3, -0.25) is 4.79 Å². The molecule has 7 heteroatoms. The second kappa shape index (κ2) is 7.19. The first-order valence-corrected chi connectivity index (χ1v) is 7.38. The fourth-order valence-corrected chi connectivity index (χ4v) is 2.36. The summed E-state index contributed by atoms with van der Waals surface area (Å²) in [6.45, 7) is 3.93. The number of rotatable bonds is 5. The average Bonchev–Trinajstić information content (AvgIpc) is 2.53. The zero-order valence-corrected chi connectivity index (χ0v) is 13.4. The van der Waals surface area contributed by atoms with E-state index in [4.69, 9.17) is 16.7 Å². The van der Waals surface area contributed by atoms with Crippen molar-refractivity contribution >= 4 is 23.5 Å². The normalized spacial score (nSPS) is 12.0. The number of aromatic carboxylic acids is 1. The van der Waals surface area contributed by atoms with Crippen LogP contribution in [0, 0.1) is 5.92 Å². The zero-order chi connectivity index (χ0) is 17.0. The number of carboxylic acid groups (broad SMARTS) is 1. The average molecular weight is 334 g/mol. The highest BCUT2D eigenvalue weighted by atomic mass is 35.5. The minimum Gasteiger partial charge on any atom is -0.476 e. The van der Waals surface area contributed by atoms with Gasteiger partial charge in [0.1, 0.15) is 5.69 Å². The maximum Gasteiger partial charge on any atom is 0.356 e. The Morgan fingerprint density at radius 1 is 1.13 bits per heavy atom. The molecule has 0 radical (unpaired) electrons. The van der Waals surface area contributed by atoms with Crippen molar-refractivity contribution in [2.75, 3.05) is 0 Å². The van der Waals surface area contributed by atoms with Crippen LogP contribution in [0.5, 0.6) is 0 Å². The number of amides is 1. The maximum atomic E-state index is 12.3. The maximum absolute atomic E-state index is 12.3. The van der Waals surface area contributed by atoms with Crippen LogP contribution in [0.1, 0.15) is 46.4 Å². The van der Waals surface area contributed by atoms with Gasteiger partial charge in [-0.25, -0.2) is 14.8 Å². The molecule has 0 bridgehead atoms. The molecule has 0 aliphatic carbocycles. The highest BCUT2D eigenvalue weighted by Gasteiger charge is 2.22. The van der Waals surface area contributed by atoms with E-state index in [1.807, 2.05) is 32.0 Å². The molecule has 1 amide bonds. The standard InChI is InChI=1S/C16H16ClN3O3/c1-9(2)14(10-5-3-4-6-11(10)17)20-15(21)12-7-19-13(8-18-12)16(22)23/h3-9,14H,1-2H3,(H,20,21)(H,22,23). The van der Waals surface area contributed by atoms with E-state index in [2.05, 4.69) is 15.3 Å². The third kappa shape index (κ3) is 4.04. The van der Waals surface area contributed by atoms with E-state index in [9.17, 15) is 9.59 Å². The molecule has 0 spiro atoms. The van der Waals surface area contributed by atoms with Gasteiger partial charge in [0, 0.05) is 5.02 Å². The number of aromatic nitrogens is 2. The van der Waals surface area contributed by atoms with Crippen LogP contribution >= 0.6 is 11.6 Å². The molecule has 2 N–H and O–H groups in total. The first kappa shape index (κ1) is 16.9. The van der Waals surface area contributed by atoms with Crippen LogP contribution in [0.3, 0.4) is 0 Å². The van der Waals surface area contributed by atoms with Gasteiger partial charge < -0.3 is 10.4 Å². The summed E-state index contributed by atoms with van der Waals surface area (Å²) in [6, 6.07) is 7.00. The van der Waals surface area contributed by atoms with E-state index in [0.29, 0.717) is 5.02 Å². The monoisotopic (exact) mass is 333 g/mol. The number of carbonyl (C=O) groups excluding carboxylic acids is 1. The smallest absolute Gasteiger partial charge is 0.356 e. The summed E-state index contributed by atoms with van der Waals surface area (Å²) in [5.74, 6) is -1.53. The molecule has 2 rings (SSSR count). The molecule has 2 aromatic rings. The van der Waals surface area contributed by atoms with Gasteiger partial charge >= 0.3 is 5.97 Å². The number of carboxylic acids is 1. The quantitative estimate of drug-likeness (QED) is 0.877. The minimum atomic E-state index is -1.19. The molecule has 1 aromatic heterocycles. The summed E-state index contributed by atoms with van der Waals surface area (Å²) in [7, 11) is 0. The number of hydrogen-bond acceptors (Lipinski definition) is 4. The van der Waals surface area contributed by atoms with Crippen LogP contribution < -0.4 is 5.32 Å². The van der Waals surface area contributed by atoms with E-state index >= 15 is 0 Å². The largest absolute Gasteiger partial charge is 0.476 e. The Morgan fingerprint density at radius 2 is 1.74 bits per heavy atom. The summed E-state index contributed by atoms with van der Waals surface area (Å²) in [5.41, 5.74) is 0.647. The molecule has 0 fully saturated rings. The van der Waals surface area contributed by atoms with E-state index < -0.39 is 11.9 Å². The van der Waals surface area contributed by atoms with Crippen LogP contribution in [-0.4, -0.2) is 27.0 Å². The van der Waals surface area contributed by atoms with Crippen LogP contribution in [0.2, 0.25) is 5.02 Å². The fraction of sp³-hybridized carbons (Fsp3) is 0.250. The van der Waals surface area contributed by atoms with E-state index in [0.717, 1.165) is 18.0 Å². The van der Waals surface area contributed by atoms with Gasteiger partial charge in [0.2, 0.25) is 0 Å². The van der Waals surface area contributed by atoms with E-state index in [1.165, 1.54) is 0 Å². The second-order valence-corrected chi connectivity index (χ2v) is 5.72. The molecule has 1 heterocycles. The Kier molecular flexibility index (Phi) is 5.28. The van der Waals surface area contributed by atoms with Crippen molar-refractivity contribution in [2.45, 2.75) is 19.9 Å². The summed E-state index contributed by atoms with van der Waals surface area (Å²) < 4.78 is 0. The molecule has 0 aliphatic heterocycles. The lowest BCUT2D eigenvalue weighted by Crippen LogP contribution is -2.32. The molecule has 6 nitrogen and oxygen atoms in total. The van der Waals surface area contributed by atoms with E-state index in [1.54, 1.807) is 6.07 Å². The number of carbonyl (C=O) groups is 2. The molecular formula is C16H16ClN3O3. The molecule has 0 aliphatic rings. The Balaban J connectivity index is 2.22. The van der Waals surface area contributed by atoms with Crippen molar-refractivity contribution < 1.29 is 14.7 Å². The fourth-order valence-electron chi connectivity index (χ4n) is 2.10. The molecule has 23 heavy (non-hydrogen) atoms. The topological polar surface area (TPSA) is 92.2 Å². The highest BCUT2D eigenvalue weighted by Crippen LogP contribution is 2.28. The van der Waals surface area contributed by atoms with Crippen LogP contribution in [0.15, 0.2) is 36.7 Å². The van der Waals surface area contributed by atoms with Gasteiger partial charge in [0.25, 0.3) is 5.91 Å². The molecule has 120 valence electrons. The zero-order valence-electron chi connectivity index (χ0n) is 12.7. The Hall–Kier alpha value is -2.47. The molecule has 1 aromatic carbocycles. The molecular weight excluding hydrogens is 318 g/mol. The predicted molar refractivity (Wildman–Crippen MR) is 85.5 cm³/mol. The number of hydrogen-bond donors (Lipinski definition) is 2. The van der Waals surface area contributed by atoms with Crippen LogP contribution in [0.25, 0.3) is 0 Å². The second-order valence-electron chi connectivity index (χ2n) is 5.31.